The minimum Gasteiger partial charge on any atom is -0.493 e. The predicted molar refractivity (Wildman–Crippen MR) is 73.4 cm³/mol. The van der Waals surface area contributed by atoms with Gasteiger partial charge in [-0.15, -0.1) is 10.2 Å². The van der Waals surface area contributed by atoms with Crippen LogP contribution in [-0.2, 0) is 6.42 Å². The fraction of sp³-hybridized carbons (Fsp3) is 0.250. The van der Waals surface area contributed by atoms with Gasteiger partial charge in [-0.05, 0) is 31.2 Å². The van der Waals surface area contributed by atoms with E-state index >= 15 is 0 Å². The summed E-state index contributed by atoms with van der Waals surface area (Å²) in [5.74, 6) is 1.62. The highest BCUT2D eigenvalue weighted by molar-refractivity contribution is 7.16. The predicted octanol–water partition coefficient (Wildman–Crippen LogP) is 1.70. The molecule has 98 valence electrons. The zero-order chi connectivity index (χ0) is 13.2. The lowest BCUT2D eigenvalue weighted by atomic mass is 10.3. The smallest absolute Gasteiger partial charge is 0.234 e. The van der Waals surface area contributed by atoms with Crippen molar-refractivity contribution in [3.63, 3.8) is 0 Å². The molecule has 19 heavy (non-hydrogen) atoms. The Hall–Kier alpha value is -2.15. The number of fused-ring (bicyclic) bond motifs is 1. The quantitative estimate of drug-likeness (QED) is 0.733. The van der Waals surface area contributed by atoms with Crippen LogP contribution in [0.1, 0.15) is 10.8 Å². The SMILES string of the molecule is Cc1nnc2sc(CCOc3ccc(N)cc3)nn12. The van der Waals surface area contributed by atoms with Gasteiger partial charge >= 0.3 is 0 Å². The van der Waals surface area contributed by atoms with Crippen LogP contribution in [0.5, 0.6) is 5.75 Å². The normalized spacial score (nSPS) is 11.0. The lowest BCUT2D eigenvalue weighted by molar-refractivity contribution is 0.321. The maximum atomic E-state index is 5.63. The van der Waals surface area contributed by atoms with Gasteiger partial charge in [0.2, 0.25) is 4.96 Å². The number of ether oxygens (including phenoxy) is 1. The Morgan fingerprint density at radius 1 is 1.26 bits per heavy atom. The molecule has 0 saturated heterocycles. The molecule has 1 aromatic carbocycles. The molecule has 0 unspecified atom stereocenters. The molecule has 7 heteroatoms. The number of nitrogens with zero attached hydrogens (tertiary/aromatic N) is 4. The van der Waals surface area contributed by atoms with E-state index < -0.39 is 0 Å². The van der Waals surface area contributed by atoms with Crippen molar-refractivity contribution in [3.8, 4) is 5.75 Å². The summed E-state index contributed by atoms with van der Waals surface area (Å²) in [7, 11) is 0. The molecule has 0 aliphatic rings. The molecule has 0 fully saturated rings. The van der Waals surface area contributed by atoms with Gasteiger partial charge < -0.3 is 10.5 Å². The molecule has 0 aliphatic carbocycles. The Balaban J connectivity index is 1.61. The zero-order valence-electron chi connectivity index (χ0n) is 10.4. The molecule has 0 aliphatic heterocycles. The Labute approximate surface area is 113 Å². The first-order chi connectivity index (χ1) is 9.22. The molecule has 6 nitrogen and oxygen atoms in total. The highest BCUT2D eigenvalue weighted by Gasteiger charge is 2.08. The van der Waals surface area contributed by atoms with Gasteiger partial charge in [0.05, 0.1) is 6.61 Å². The molecule has 2 aromatic heterocycles. The first kappa shape index (κ1) is 11.9. The lowest BCUT2D eigenvalue weighted by Gasteiger charge is -2.04. The second-order valence-electron chi connectivity index (χ2n) is 4.10. The van der Waals surface area contributed by atoms with Crippen LogP contribution >= 0.6 is 11.3 Å². The van der Waals surface area contributed by atoms with Crippen molar-refractivity contribution >= 4 is 22.0 Å². The van der Waals surface area contributed by atoms with E-state index in [-0.39, 0.29) is 0 Å². The first-order valence-corrected chi connectivity index (χ1v) is 6.70. The van der Waals surface area contributed by atoms with Crippen LogP contribution in [0.3, 0.4) is 0 Å². The minimum absolute atomic E-state index is 0.576. The molecular formula is C12H13N5OS. The Morgan fingerprint density at radius 3 is 2.79 bits per heavy atom. The third-order valence-electron chi connectivity index (χ3n) is 2.65. The number of aromatic nitrogens is 4. The van der Waals surface area contributed by atoms with Gasteiger partial charge in [-0.1, -0.05) is 11.3 Å². The summed E-state index contributed by atoms with van der Waals surface area (Å²) in [4.78, 5) is 0.819. The van der Waals surface area contributed by atoms with Crippen molar-refractivity contribution in [3.05, 3.63) is 35.1 Å². The summed E-state index contributed by atoms with van der Waals surface area (Å²) in [6.07, 6.45) is 0.748. The monoisotopic (exact) mass is 275 g/mol. The molecule has 2 heterocycles. The summed E-state index contributed by atoms with van der Waals surface area (Å²) in [6.45, 7) is 2.46. The molecule has 0 amide bonds. The first-order valence-electron chi connectivity index (χ1n) is 5.88. The summed E-state index contributed by atoms with van der Waals surface area (Å²) in [6, 6.07) is 7.36. The van der Waals surface area contributed by atoms with Crippen LogP contribution in [0.4, 0.5) is 5.69 Å². The van der Waals surface area contributed by atoms with Gasteiger partial charge in [0.1, 0.15) is 10.8 Å². The summed E-state index contributed by atoms with van der Waals surface area (Å²) in [5, 5.41) is 13.4. The standard InChI is InChI=1S/C12H13N5OS/c1-8-14-15-12-17(8)16-11(19-12)6-7-18-10-4-2-9(13)3-5-10/h2-5H,6-7,13H2,1H3. The second-order valence-corrected chi connectivity index (χ2v) is 5.15. The number of nitrogens with two attached hydrogens (primary N) is 1. The summed E-state index contributed by atoms with van der Waals surface area (Å²) < 4.78 is 7.39. The van der Waals surface area contributed by atoms with Gasteiger partial charge in [-0.3, -0.25) is 0 Å². The van der Waals surface area contributed by atoms with E-state index in [9.17, 15) is 0 Å². The Kier molecular flexibility index (Phi) is 3.04. The van der Waals surface area contributed by atoms with E-state index in [1.54, 1.807) is 4.52 Å². The minimum atomic E-state index is 0.576. The number of aryl methyl sites for hydroxylation is 1. The fourth-order valence-corrected chi connectivity index (χ4v) is 2.54. The number of hydrogen-bond donors (Lipinski definition) is 1. The number of hydrogen-bond acceptors (Lipinski definition) is 6. The van der Waals surface area contributed by atoms with Gasteiger partial charge in [-0.2, -0.15) is 9.61 Å². The van der Waals surface area contributed by atoms with Crippen molar-refractivity contribution in [1.82, 2.24) is 19.8 Å². The van der Waals surface area contributed by atoms with E-state index in [0.29, 0.717) is 6.61 Å². The lowest BCUT2D eigenvalue weighted by Crippen LogP contribution is -2.02. The fourth-order valence-electron chi connectivity index (χ4n) is 1.68. The van der Waals surface area contributed by atoms with E-state index in [2.05, 4.69) is 15.3 Å². The summed E-state index contributed by atoms with van der Waals surface area (Å²) in [5.41, 5.74) is 6.35. The molecule has 0 radical (unpaired) electrons. The third-order valence-corrected chi connectivity index (χ3v) is 3.61. The van der Waals surface area contributed by atoms with Crippen LogP contribution in [-0.4, -0.2) is 26.4 Å². The largest absolute Gasteiger partial charge is 0.493 e. The molecule has 0 spiro atoms. The maximum absolute atomic E-state index is 5.63. The van der Waals surface area contributed by atoms with Crippen molar-refractivity contribution in [1.29, 1.82) is 0 Å². The van der Waals surface area contributed by atoms with Crippen molar-refractivity contribution < 1.29 is 4.74 Å². The molecule has 3 rings (SSSR count). The van der Waals surface area contributed by atoms with Crippen molar-refractivity contribution in [2.45, 2.75) is 13.3 Å². The third kappa shape index (κ3) is 2.50. The Bertz CT molecular complexity index is 688. The van der Waals surface area contributed by atoms with Gasteiger partial charge in [0.25, 0.3) is 0 Å². The molecule has 0 saturated carbocycles. The molecule has 0 atom stereocenters. The van der Waals surface area contributed by atoms with E-state index in [1.807, 2.05) is 31.2 Å². The molecule has 0 bridgehead atoms. The number of rotatable bonds is 4. The highest BCUT2D eigenvalue weighted by atomic mass is 32.1. The van der Waals surface area contributed by atoms with Crippen LogP contribution < -0.4 is 10.5 Å². The number of nitrogen functional groups attached to an aromatic ring is 1. The van der Waals surface area contributed by atoms with Gasteiger partial charge in [0.15, 0.2) is 5.82 Å². The van der Waals surface area contributed by atoms with Crippen LogP contribution in [0.15, 0.2) is 24.3 Å². The van der Waals surface area contributed by atoms with Crippen LogP contribution in [0, 0.1) is 6.92 Å². The van der Waals surface area contributed by atoms with Gasteiger partial charge in [0, 0.05) is 12.1 Å². The second kappa shape index (κ2) is 4.85. The zero-order valence-corrected chi connectivity index (χ0v) is 11.2. The average molecular weight is 275 g/mol. The number of anilines is 1. The van der Waals surface area contributed by atoms with Gasteiger partial charge in [-0.25, -0.2) is 0 Å². The van der Waals surface area contributed by atoms with Crippen molar-refractivity contribution in [2.24, 2.45) is 0 Å². The average Bonchev–Trinajstić information content (AvgIpc) is 2.95. The molecule has 2 N–H and O–H groups in total. The van der Waals surface area contributed by atoms with Crippen molar-refractivity contribution in [2.75, 3.05) is 12.3 Å². The maximum Gasteiger partial charge on any atom is 0.234 e. The van der Waals surface area contributed by atoms with Crippen LogP contribution in [0.2, 0.25) is 0 Å². The summed E-state index contributed by atoms with van der Waals surface area (Å²) >= 11 is 1.53. The number of benzene rings is 1. The molecular weight excluding hydrogens is 262 g/mol. The Morgan fingerprint density at radius 2 is 2.05 bits per heavy atom. The van der Waals surface area contributed by atoms with E-state index in [4.69, 9.17) is 10.5 Å². The van der Waals surface area contributed by atoms with E-state index in [0.717, 1.165) is 33.7 Å². The molecule has 3 aromatic rings. The highest BCUT2D eigenvalue weighted by Crippen LogP contribution is 2.16. The topological polar surface area (TPSA) is 78.3 Å². The van der Waals surface area contributed by atoms with E-state index in [1.165, 1.54) is 11.3 Å². The van der Waals surface area contributed by atoms with Crippen LogP contribution in [0.25, 0.3) is 4.96 Å².